The summed E-state index contributed by atoms with van der Waals surface area (Å²) in [7, 11) is -3.67. The summed E-state index contributed by atoms with van der Waals surface area (Å²) in [6.45, 7) is 3.62. The van der Waals surface area contributed by atoms with Crippen LogP contribution in [0.25, 0.3) is 31.9 Å². The highest BCUT2D eigenvalue weighted by Crippen LogP contribution is 2.56. The Kier molecular flexibility index (Phi) is 12.3. The standard InChI is InChI=1S/C44H27F6N3O2S.CH4O3S/c1-26-7-5-10-38(35(26)24-51)54-31-19-15-29(16-20-31)42(43(45,46)47,44(48,49)50)30-17-21-32(22-18-30)55-39-11-6-8-33(36(39)25-52)28-14-13-27(2)34(23-28)41-53-37-9-3-4-12-40(37)56-41;1-5(2,3)4/h3-23H,1-2H3;1H3,(H,2,3,4). The Morgan fingerprint density at radius 3 is 1.66 bits per heavy atom. The van der Waals surface area contributed by atoms with Crippen molar-refractivity contribution < 1.29 is 48.8 Å². The van der Waals surface area contributed by atoms with Crippen LogP contribution in [0.5, 0.6) is 23.0 Å². The molecular weight excluding hydrogens is 841 g/mol. The molecule has 0 saturated carbocycles. The Hall–Kier alpha value is -6.72. The zero-order chi connectivity index (χ0) is 44.3. The molecule has 0 aliphatic carbocycles. The summed E-state index contributed by atoms with van der Waals surface area (Å²) in [5, 5.41) is 20.5. The Morgan fingerprint density at radius 1 is 0.639 bits per heavy atom. The van der Waals surface area contributed by atoms with Crippen LogP contribution in [0.1, 0.15) is 33.4 Å². The quantitative estimate of drug-likeness (QED) is 0.118. The largest absolute Gasteiger partial charge is 0.456 e. The maximum Gasteiger partial charge on any atom is 0.411 e. The number of aryl methyl sites for hydroxylation is 2. The third-order valence-corrected chi connectivity index (χ3v) is 10.5. The minimum absolute atomic E-state index is 0.0570. The van der Waals surface area contributed by atoms with E-state index in [4.69, 9.17) is 19.0 Å². The summed E-state index contributed by atoms with van der Waals surface area (Å²) in [6.07, 6.45) is -10.9. The molecule has 8 nitrogen and oxygen atoms in total. The number of halogens is 6. The van der Waals surface area contributed by atoms with E-state index in [1.54, 1.807) is 31.2 Å². The molecule has 0 saturated heterocycles. The van der Waals surface area contributed by atoms with Gasteiger partial charge in [-0.2, -0.15) is 45.3 Å². The van der Waals surface area contributed by atoms with Gasteiger partial charge in [0.2, 0.25) is 5.41 Å². The fourth-order valence-corrected chi connectivity index (χ4v) is 7.68. The fourth-order valence-electron chi connectivity index (χ4n) is 6.63. The van der Waals surface area contributed by atoms with Crippen LogP contribution in [0.3, 0.4) is 0 Å². The first-order chi connectivity index (χ1) is 28.7. The summed E-state index contributed by atoms with van der Waals surface area (Å²) in [4.78, 5) is 4.77. The molecule has 1 N–H and O–H groups in total. The smallest absolute Gasteiger partial charge is 0.411 e. The normalized spacial score (nSPS) is 11.9. The van der Waals surface area contributed by atoms with E-state index in [1.807, 2.05) is 55.5 Å². The average molecular weight is 872 g/mol. The molecule has 1 aromatic heterocycles. The molecule has 0 spiro atoms. The van der Waals surface area contributed by atoms with Gasteiger partial charge in [0.1, 0.15) is 45.7 Å². The molecule has 0 amide bonds. The summed E-state index contributed by atoms with van der Waals surface area (Å²) in [5.41, 5.74) is -1.85. The van der Waals surface area contributed by atoms with E-state index in [-0.39, 0.29) is 34.1 Å². The van der Waals surface area contributed by atoms with E-state index in [0.29, 0.717) is 47.2 Å². The summed E-state index contributed by atoms with van der Waals surface area (Å²) in [6, 6.07) is 34.0. The molecule has 0 unspecified atom stereocenters. The number of rotatable bonds is 8. The Balaban J connectivity index is 0.00000118. The van der Waals surface area contributed by atoms with Crippen LogP contribution in [0.4, 0.5) is 26.3 Å². The van der Waals surface area contributed by atoms with E-state index < -0.39 is 39.0 Å². The van der Waals surface area contributed by atoms with Crippen molar-refractivity contribution in [3.8, 4) is 56.8 Å². The highest BCUT2D eigenvalue weighted by molar-refractivity contribution is 7.85. The monoisotopic (exact) mass is 871 g/mol. The lowest BCUT2D eigenvalue weighted by Gasteiger charge is -2.38. The van der Waals surface area contributed by atoms with Gasteiger partial charge in [-0.05, 0) is 96.3 Å². The van der Waals surface area contributed by atoms with Crippen molar-refractivity contribution in [1.29, 1.82) is 10.5 Å². The molecule has 7 aromatic rings. The Morgan fingerprint density at radius 2 is 1.15 bits per heavy atom. The zero-order valence-corrected chi connectivity index (χ0v) is 33.8. The van der Waals surface area contributed by atoms with Gasteiger partial charge < -0.3 is 9.47 Å². The van der Waals surface area contributed by atoms with Crippen LogP contribution >= 0.6 is 11.3 Å². The van der Waals surface area contributed by atoms with Gasteiger partial charge in [-0.25, -0.2) is 4.98 Å². The molecule has 0 aliphatic rings. The molecule has 0 fully saturated rings. The highest BCUT2D eigenvalue weighted by Gasteiger charge is 2.72. The third-order valence-electron chi connectivity index (χ3n) is 9.44. The number of para-hydroxylation sites is 1. The SMILES string of the molecule is CS(=O)(=O)O.Cc1ccc(-c2cccc(Oc3ccc(C(c4ccc(Oc5cccc(C)c5C#N)cc4)(C(F)(F)F)C(F)(F)F)cc3)c2C#N)cc1-c1nc2ccccc2s1. The van der Waals surface area contributed by atoms with Crippen molar-refractivity contribution in [3.05, 3.63) is 161 Å². The van der Waals surface area contributed by atoms with Crippen molar-refractivity contribution in [3.63, 3.8) is 0 Å². The van der Waals surface area contributed by atoms with Gasteiger partial charge in [0.15, 0.2) is 0 Å². The molecule has 7 rings (SSSR count). The van der Waals surface area contributed by atoms with E-state index in [1.165, 1.54) is 23.5 Å². The van der Waals surface area contributed by atoms with Crippen LogP contribution in [-0.2, 0) is 15.5 Å². The molecule has 310 valence electrons. The Bertz CT molecular complexity index is 2880. The van der Waals surface area contributed by atoms with E-state index in [9.17, 15) is 45.3 Å². The van der Waals surface area contributed by atoms with Crippen LogP contribution in [0, 0.1) is 36.5 Å². The lowest BCUT2D eigenvalue weighted by Crippen LogP contribution is -2.54. The van der Waals surface area contributed by atoms with E-state index in [2.05, 4.69) is 6.07 Å². The number of fused-ring (bicyclic) bond motifs is 1. The minimum Gasteiger partial charge on any atom is -0.456 e. The predicted molar refractivity (Wildman–Crippen MR) is 219 cm³/mol. The molecule has 61 heavy (non-hydrogen) atoms. The molecule has 0 bridgehead atoms. The second-order valence-corrected chi connectivity index (χ2v) is 16.1. The van der Waals surface area contributed by atoms with Gasteiger partial charge in [-0.3, -0.25) is 4.55 Å². The van der Waals surface area contributed by atoms with Crippen molar-refractivity contribution in [2.24, 2.45) is 0 Å². The van der Waals surface area contributed by atoms with Gasteiger partial charge in [0, 0.05) is 11.1 Å². The number of hydrogen-bond donors (Lipinski definition) is 1. The second kappa shape index (κ2) is 17.1. The van der Waals surface area contributed by atoms with Gasteiger partial charge in [-0.15, -0.1) is 11.3 Å². The lowest BCUT2D eigenvalue weighted by molar-refractivity contribution is -0.288. The fraction of sp³-hybridized carbons (Fsp3) is 0.133. The Labute approximate surface area is 350 Å². The lowest BCUT2D eigenvalue weighted by atomic mass is 9.73. The number of thiazole rings is 1. The van der Waals surface area contributed by atoms with Crippen molar-refractivity contribution in [2.45, 2.75) is 31.6 Å². The second-order valence-electron chi connectivity index (χ2n) is 13.6. The summed E-state index contributed by atoms with van der Waals surface area (Å²) < 4.78 is 128. The van der Waals surface area contributed by atoms with Crippen molar-refractivity contribution >= 4 is 31.7 Å². The van der Waals surface area contributed by atoms with Gasteiger partial charge in [-0.1, -0.05) is 72.8 Å². The summed E-state index contributed by atoms with van der Waals surface area (Å²) >= 11 is 1.53. The maximum absolute atomic E-state index is 14.9. The number of aromatic nitrogens is 1. The number of hydrogen-bond acceptors (Lipinski definition) is 8. The van der Waals surface area contributed by atoms with Gasteiger partial charge in [0.25, 0.3) is 10.1 Å². The van der Waals surface area contributed by atoms with Crippen molar-refractivity contribution in [1.82, 2.24) is 4.98 Å². The predicted octanol–water partition coefficient (Wildman–Crippen LogP) is 12.5. The molecule has 16 heteroatoms. The average Bonchev–Trinajstić information content (AvgIpc) is 3.62. The first kappa shape index (κ1) is 43.8. The zero-order valence-electron chi connectivity index (χ0n) is 32.1. The van der Waals surface area contributed by atoms with Gasteiger partial charge in [0.05, 0.1) is 22.0 Å². The van der Waals surface area contributed by atoms with Crippen molar-refractivity contribution in [2.75, 3.05) is 6.26 Å². The number of benzene rings is 6. The topological polar surface area (TPSA) is 133 Å². The molecule has 1 heterocycles. The van der Waals surface area contributed by atoms with E-state index >= 15 is 0 Å². The van der Waals surface area contributed by atoms with Crippen LogP contribution in [0.15, 0.2) is 127 Å². The molecular formula is C45H31F6N3O5S2. The number of nitriles is 2. The first-order valence-electron chi connectivity index (χ1n) is 17.9. The minimum atomic E-state index is -5.83. The highest BCUT2D eigenvalue weighted by atomic mass is 32.2. The van der Waals surface area contributed by atoms with Crippen LogP contribution in [-0.4, -0.2) is 36.6 Å². The number of alkyl halides is 6. The maximum atomic E-state index is 14.9. The first-order valence-corrected chi connectivity index (χ1v) is 20.5. The third kappa shape index (κ3) is 9.22. The number of ether oxygens (including phenoxy) is 2. The van der Waals surface area contributed by atoms with Crippen LogP contribution < -0.4 is 9.47 Å². The summed E-state index contributed by atoms with van der Waals surface area (Å²) in [5.74, 6) is 0.00958. The molecule has 0 aliphatic heterocycles. The number of nitrogens with zero attached hydrogens (tertiary/aromatic N) is 3. The van der Waals surface area contributed by atoms with Crippen LogP contribution in [0.2, 0.25) is 0 Å². The molecule has 0 atom stereocenters. The molecule has 0 radical (unpaired) electrons. The van der Waals surface area contributed by atoms with Gasteiger partial charge >= 0.3 is 12.4 Å². The molecule has 6 aromatic carbocycles. The van der Waals surface area contributed by atoms with E-state index in [0.717, 1.165) is 50.6 Å².